The van der Waals surface area contributed by atoms with Gasteiger partial charge in [0.1, 0.15) is 23.0 Å². The maximum Gasteiger partial charge on any atom is 2.00 e. The minimum absolute atomic E-state index is 0. The Balaban J connectivity index is 0.000000249. The van der Waals surface area contributed by atoms with E-state index in [0.29, 0.717) is 0 Å². The molecule has 0 bridgehead atoms. The van der Waals surface area contributed by atoms with E-state index in [9.17, 15) is 0 Å². The number of ether oxygens (including phenoxy) is 4. The summed E-state index contributed by atoms with van der Waals surface area (Å²) in [7, 11) is 6.71. The second kappa shape index (κ2) is 30.2. The average molecular weight is 1050 g/mol. The normalized spacial score (nSPS) is 17.0. The molecule has 8 rings (SSSR count). The minimum Gasteiger partial charge on any atom is -0.550 e. The van der Waals surface area contributed by atoms with Crippen LogP contribution in [-0.2, 0) is 30.0 Å². The third kappa shape index (κ3) is 16.3. The summed E-state index contributed by atoms with van der Waals surface area (Å²) >= 11 is 0. The van der Waals surface area contributed by atoms with Crippen molar-refractivity contribution in [2.24, 2.45) is 0 Å². The Morgan fingerprint density at radius 3 is 0.851 bits per heavy atom. The molecule has 4 aliphatic rings. The topological polar surface area (TPSA) is 117 Å². The van der Waals surface area contributed by atoms with Gasteiger partial charge < -0.3 is 38.7 Å². The fourth-order valence-electron chi connectivity index (χ4n) is 10.9. The van der Waals surface area contributed by atoms with Crippen molar-refractivity contribution in [1.29, 1.82) is 0 Å². The van der Waals surface area contributed by atoms with Crippen LogP contribution in [-0.4, -0.2) is 63.0 Å². The molecule has 4 aromatic carbocycles. The van der Waals surface area contributed by atoms with E-state index in [1.807, 2.05) is 12.1 Å². The van der Waals surface area contributed by atoms with E-state index in [1.54, 1.807) is 39.0 Å². The molecule has 0 aromatic heterocycles. The van der Waals surface area contributed by atoms with Crippen molar-refractivity contribution in [1.82, 2.24) is 0 Å². The van der Waals surface area contributed by atoms with E-state index in [-0.39, 0.29) is 36.3 Å². The Hall–Kier alpha value is -3.46. The Morgan fingerprint density at radius 1 is 0.403 bits per heavy atom. The SMILES string of the molecule is CC(=O)[O-].CC(=O)[O-].COc1cccc(OC)c1-c1ccccc1P(C1CCCCC1)C1CCCCC1.COc1cccc(OC)c1-c1ccccc1P(C1CCCCC1)C1CCCCC1.[Pd+2]. The summed E-state index contributed by atoms with van der Waals surface area (Å²) in [5.41, 5.74) is 8.45. The van der Waals surface area contributed by atoms with Crippen LogP contribution in [0.2, 0.25) is 0 Å². The van der Waals surface area contributed by atoms with Gasteiger partial charge in [-0.3, -0.25) is 0 Å². The van der Waals surface area contributed by atoms with Crippen LogP contribution in [0.15, 0.2) is 84.9 Å². The van der Waals surface area contributed by atoms with Crippen molar-refractivity contribution in [3.63, 3.8) is 0 Å². The standard InChI is InChI=1S/2C26H35O2P.2C2H4O2.Pd/c2*1-27-23-17-11-18-24(28-2)26(23)22-16-9-10-19-25(22)29(20-12-5-3-6-13-20)21-14-7-4-8-15-21;2*1-2(3)4;/h2*9-11,16-21H,3-8,12-15H2,1-2H3;2*1H3,(H,3,4);/q;;;;+2/p-2. The van der Waals surface area contributed by atoms with Gasteiger partial charge in [0.25, 0.3) is 0 Å². The molecule has 0 N–H and O–H groups in total. The molecular formula is C56H76O8P2Pd. The van der Waals surface area contributed by atoms with Crippen LogP contribution in [0.3, 0.4) is 0 Å². The number of benzene rings is 4. The third-order valence-corrected chi connectivity index (χ3v) is 20.7. The third-order valence-electron chi connectivity index (χ3n) is 13.6. The van der Waals surface area contributed by atoms with E-state index in [2.05, 4.69) is 72.8 Å². The summed E-state index contributed by atoms with van der Waals surface area (Å²) in [6.45, 7) is 1.94. The van der Waals surface area contributed by atoms with E-state index in [0.717, 1.165) is 70.6 Å². The fourth-order valence-corrected chi connectivity index (χ4v) is 18.8. The van der Waals surface area contributed by atoms with Crippen molar-refractivity contribution in [2.75, 3.05) is 28.4 Å². The van der Waals surface area contributed by atoms with Crippen LogP contribution in [0.5, 0.6) is 23.0 Å². The number of aliphatic carboxylic acids is 2. The molecule has 4 aromatic rings. The Labute approximate surface area is 418 Å². The molecule has 4 aliphatic carbocycles. The van der Waals surface area contributed by atoms with E-state index in [4.69, 9.17) is 38.7 Å². The second-order valence-corrected chi connectivity index (χ2v) is 23.6. The minimum atomic E-state index is -1.08. The first-order valence-electron chi connectivity index (χ1n) is 24.7. The van der Waals surface area contributed by atoms with Crippen LogP contribution in [0.1, 0.15) is 142 Å². The molecule has 8 nitrogen and oxygen atoms in total. The van der Waals surface area contributed by atoms with E-state index >= 15 is 0 Å². The molecule has 4 saturated carbocycles. The molecule has 0 unspecified atom stereocenters. The van der Waals surface area contributed by atoms with Crippen molar-refractivity contribution in [3.05, 3.63) is 84.9 Å². The molecule has 0 heterocycles. The van der Waals surface area contributed by atoms with E-state index < -0.39 is 11.9 Å². The first-order chi connectivity index (χ1) is 32.1. The van der Waals surface area contributed by atoms with Gasteiger partial charge in [0.15, 0.2) is 0 Å². The number of carboxylic acids is 2. The van der Waals surface area contributed by atoms with Gasteiger partial charge >= 0.3 is 20.4 Å². The number of carboxylic acid groups (broad SMARTS) is 2. The smallest absolute Gasteiger partial charge is 0.550 e. The number of carbonyl (C=O) groups excluding carboxylic acids is 2. The quantitative estimate of drug-likeness (QED) is 0.102. The summed E-state index contributed by atoms with van der Waals surface area (Å²) in [5.74, 6) is 1.50. The number of hydrogen-bond donors (Lipinski definition) is 0. The van der Waals surface area contributed by atoms with Gasteiger partial charge in [0, 0.05) is 11.9 Å². The van der Waals surface area contributed by atoms with Gasteiger partial charge in [0.05, 0.1) is 39.6 Å². The average Bonchev–Trinajstić information content (AvgIpc) is 3.35. The molecular weight excluding hydrogens is 969 g/mol. The van der Waals surface area contributed by atoms with Crippen LogP contribution >= 0.6 is 15.8 Å². The molecule has 368 valence electrons. The zero-order chi connectivity index (χ0) is 47.3. The van der Waals surface area contributed by atoms with E-state index in [1.165, 1.54) is 140 Å². The Bertz CT molecular complexity index is 1840. The molecule has 0 atom stereocenters. The molecule has 0 amide bonds. The molecule has 0 spiro atoms. The number of methoxy groups -OCH3 is 4. The first-order valence-corrected chi connectivity index (χ1v) is 27.6. The van der Waals surface area contributed by atoms with Crippen molar-refractivity contribution < 1.29 is 59.2 Å². The molecule has 4 fully saturated rings. The fraction of sp³-hybridized carbons (Fsp3) is 0.536. The van der Waals surface area contributed by atoms with Crippen molar-refractivity contribution >= 4 is 38.4 Å². The summed E-state index contributed by atoms with van der Waals surface area (Å²) in [5, 5.41) is 21.0. The Morgan fingerprint density at radius 2 is 0.627 bits per heavy atom. The van der Waals surface area contributed by atoms with Crippen LogP contribution in [0.25, 0.3) is 22.3 Å². The van der Waals surface area contributed by atoms with Gasteiger partial charge in [-0.05, 0) is 134 Å². The van der Waals surface area contributed by atoms with Crippen molar-refractivity contribution in [2.45, 2.75) is 165 Å². The number of carbonyl (C=O) groups is 2. The second-order valence-electron chi connectivity index (χ2n) is 18.1. The largest absolute Gasteiger partial charge is 2.00 e. The van der Waals surface area contributed by atoms with Crippen molar-refractivity contribution in [3.8, 4) is 45.3 Å². The molecule has 67 heavy (non-hydrogen) atoms. The summed E-state index contributed by atoms with van der Waals surface area (Å²) in [4.78, 5) is 17.8. The molecule has 0 aliphatic heterocycles. The van der Waals surface area contributed by atoms with Crippen LogP contribution < -0.4 is 39.8 Å². The zero-order valence-corrected chi connectivity index (χ0v) is 44.4. The molecule has 0 radical (unpaired) electrons. The number of hydrogen-bond acceptors (Lipinski definition) is 8. The van der Waals surface area contributed by atoms with Gasteiger partial charge in [-0.15, -0.1) is 0 Å². The van der Waals surface area contributed by atoms with Gasteiger partial charge in [-0.25, -0.2) is 0 Å². The molecule has 11 heteroatoms. The van der Waals surface area contributed by atoms with Crippen LogP contribution in [0.4, 0.5) is 0 Å². The predicted octanol–water partition coefficient (Wildman–Crippen LogP) is 11.8. The van der Waals surface area contributed by atoms with Gasteiger partial charge in [0.2, 0.25) is 0 Å². The predicted molar refractivity (Wildman–Crippen MR) is 272 cm³/mol. The zero-order valence-electron chi connectivity index (χ0n) is 41.0. The van der Waals surface area contributed by atoms with Crippen LogP contribution in [0, 0.1) is 0 Å². The maximum absolute atomic E-state index is 8.89. The van der Waals surface area contributed by atoms with Gasteiger partial charge in [-0.1, -0.05) is 154 Å². The summed E-state index contributed by atoms with van der Waals surface area (Å²) in [6, 6.07) is 30.6. The first kappa shape index (κ1) is 56.1. The summed E-state index contributed by atoms with van der Waals surface area (Å²) < 4.78 is 23.2. The maximum atomic E-state index is 8.89. The monoisotopic (exact) mass is 1040 g/mol. The Kier molecular flexibility index (Phi) is 25.3. The van der Waals surface area contributed by atoms with Gasteiger partial charge in [-0.2, -0.15) is 0 Å². The summed E-state index contributed by atoms with van der Waals surface area (Å²) in [6.07, 6.45) is 28.3. The number of rotatable bonds is 12. The molecule has 0 saturated heterocycles.